The fourth-order valence-electron chi connectivity index (χ4n) is 3.34. The average molecular weight is 420 g/mol. The second-order valence-electron chi connectivity index (χ2n) is 7.13. The van der Waals surface area contributed by atoms with Gasteiger partial charge in [0.05, 0.1) is 12.7 Å². The van der Waals surface area contributed by atoms with Crippen LogP contribution in [0.25, 0.3) is 0 Å². The average Bonchev–Trinajstić information content (AvgIpc) is 2.96. The molecular formula is C20H25N3O3S2. The first-order valence-electron chi connectivity index (χ1n) is 9.35. The maximum absolute atomic E-state index is 12.5. The molecule has 2 heterocycles. The minimum atomic E-state index is -0.375. The van der Waals surface area contributed by atoms with Crippen molar-refractivity contribution in [3.8, 4) is 0 Å². The second-order valence-corrected chi connectivity index (χ2v) is 9.29. The van der Waals surface area contributed by atoms with E-state index in [1.165, 1.54) is 35.1 Å². The molecule has 1 unspecified atom stereocenters. The number of amides is 1. The SMILES string of the molecule is COC(=O)c1c(NC(=O)CCSc2nc(C)cc(C)n2)sc2c1CCC(C)C2. The van der Waals surface area contributed by atoms with Gasteiger partial charge in [-0.1, -0.05) is 18.7 Å². The molecule has 0 saturated heterocycles. The Morgan fingerprint density at radius 1 is 1.32 bits per heavy atom. The van der Waals surface area contributed by atoms with Crippen molar-refractivity contribution in [2.45, 2.75) is 51.6 Å². The summed E-state index contributed by atoms with van der Waals surface area (Å²) >= 11 is 2.97. The molecule has 1 atom stereocenters. The molecule has 8 heteroatoms. The van der Waals surface area contributed by atoms with Gasteiger partial charge in [0.1, 0.15) is 5.00 Å². The molecule has 2 aromatic heterocycles. The van der Waals surface area contributed by atoms with E-state index >= 15 is 0 Å². The molecule has 1 amide bonds. The van der Waals surface area contributed by atoms with Crippen molar-refractivity contribution in [1.82, 2.24) is 9.97 Å². The van der Waals surface area contributed by atoms with Gasteiger partial charge in [0.25, 0.3) is 0 Å². The number of hydrogen-bond donors (Lipinski definition) is 1. The summed E-state index contributed by atoms with van der Waals surface area (Å²) in [5.74, 6) is 0.674. The number of anilines is 1. The number of hydrogen-bond acceptors (Lipinski definition) is 7. The number of methoxy groups -OCH3 is 1. The summed E-state index contributed by atoms with van der Waals surface area (Å²) in [5.41, 5.74) is 3.41. The van der Waals surface area contributed by atoms with Crippen molar-refractivity contribution in [1.29, 1.82) is 0 Å². The summed E-state index contributed by atoms with van der Waals surface area (Å²) in [4.78, 5) is 34.7. The van der Waals surface area contributed by atoms with Gasteiger partial charge >= 0.3 is 5.97 Å². The number of aryl methyl sites for hydroxylation is 2. The fraction of sp³-hybridized carbons (Fsp3) is 0.500. The lowest BCUT2D eigenvalue weighted by molar-refractivity contribution is -0.115. The molecule has 1 aliphatic rings. The molecular weight excluding hydrogens is 394 g/mol. The van der Waals surface area contributed by atoms with Crippen LogP contribution in [0.5, 0.6) is 0 Å². The van der Waals surface area contributed by atoms with Gasteiger partial charge in [0, 0.05) is 28.4 Å². The normalized spacial score (nSPS) is 15.8. The van der Waals surface area contributed by atoms with Crippen molar-refractivity contribution in [3.05, 3.63) is 33.5 Å². The molecule has 28 heavy (non-hydrogen) atoms. The van der Waals surface area contributed by atoms with Gasteiger partial charge in [0.2, 0.25) is 5.91 Å². The van der Waals surface area contributed by atoms with Crippen molar-refractivity contribution < 1.29 is 14.3 Å². The van der Waals surface area contributed by atoms with Crippen molar-refractivity contribution >= 4 is 40.0 Å². The van der Waals surface area contributed by atoms with Gasteiger partial charge in [-0.05, 0) is 50.7 Å². The number of nitrogens with zero attached hydrogens (tertiary/aromatic N) is 2. The molecule has 2 aromatic rings. The van der Waals surface area contributed by atoms with E-state index in [0.717, 1.165) is 36.2 Å². The first-order valence-corrected chi connectivity index (χ1v) is 11.2. The Morgan fingerprint density at radius 2 is 2.04 bits per heavy atom. The summed E-state index contributed by atoms with van der Waals surface area (Å²) in [7, 11) is 1.38. The van der Waals surface area contributed by atoms with E-state index in [1.54, 1.807) is 0 Å². The van der Waals surface area contributed by atoms with Crippen LogP contribution in [0.1, 0.15) is 52.0 Å². The van der Waals surface area contributed by atoms with E-state index < -0.39 is 0 Å². The van der Waals surface area contributed by atoms with E-state index in [0.29, 0.717) is 33.8 Å². The van der Waals surface area contributed by atoms with E-state index in [4.69, 9.17) is 4.74 Å². The largest absolute Gasteiger partial charge is 0.465 e. The third-order valence-corrected chi connectivity index (χ3v) is 6.70. The highest BCUT2D eigenvalue weighted by atomic mass is 32.2. The molecule has 3 rings (SSSR count). The molecule has 0 saturated carbocycles. The molecule has 0 aliphatic heterocycles. The van der Waals surface area contributed by atoms with E-state index in [1.807, 2.05) is 19.9 Å². The lowest BCUT2D eigenvalue weighted by Crippen LogP contribution is -2.16. The maximum atomic E-state index is 12.5. The number of esters is 1. The third-order valence-electron chi connectivity index (χ3n) is 4.68. The number of carbonyl (C=O) groups excluding carboxylic acids is 2. The molecule has 0 aromatic carbocycles. The zero-order valence-electron chi connectivity index (χ0n) is 16.6. The predicted molar refractivity (Wildman–Crippen MR) is 112 cm³/mol. The number of thioether (sulfide) groups is 1. The Hall–Kier alpha value is -1.93. The molecule has 1 aliphatic carbocycles. The third kappa shape index (κ3) is 4.91. The monoisotopic (exact) mass is 419 g/mol. The van der Waals surface area contributed by atoms with Gasteiger partial charge in [0.15, 0.2) is 5.16 Å². The van der Waals surface area contributed by atoms with Crippen molar-refractivity contribution in [2.24, 2.45) is 5.92 Å². The summed E-state index contributed by atoms with van der Waals surface area (Å²) in [6, 6.07) is 1.92. The van der Waals surface area contributed by atoms with E-state index in [9.17, 15) is 9.59 Å². The van der Waals surface area contributed by atoms with Crippen LogP contribution >= 0.6 is 23.1 Å². The standard InChI is InChI=1S/C20H25N3O3S2/c1-11-5-6-14-15(9-11)28-18(17(14)19(25)26-4)23-16(24)7-8-27-20-21-12(2)10-13(3)22-20/h10-11H,5-9H2,1-4H3,(H,23,24). The van der Waals surface area contributed by atoms with Crippen LogP contribution in [0, 0.1) is 19.8 Å². The van der Waals surface area contributed by atoms with Crippen LogP contribution < -0.4 is 5.32 Å². The summed E-state index contributed by atoms with van der Waals surface area (Å²) in [6.45, 7) is 6.07. The summed E-state index contributed by atoms with van der Waals surface area (Å²) in [5, 5.41) is 4.23. The number of rotatable bonds is 6. The second kappa shape index (κ2) is 9.05. The zero-order chi connectivity index (χ0) is 20.3. The molecule has 0 fully saturated rings. The minimum absolute atomic E-state index is 0.117. The highest BCUT2D eigenvalue weighted by Gasteiger charge is 2.28. The summed E-state index contributed by atoms with van der Waals surface area (Å²) in [6.07, 6.45) is 3.17. The topological polar surface area (TPSA) is 81.2 Å². The Labute approximate surface area is 173 Å². The molecule has 0 spiro atoms. The van der Waals surface area contributed by atoms with Gasteiger partial charge in [-0.15, -0.1) is 11.3 Å². The summed E-state index contributed by atoms with van der Waals surface area (Å²) < 4.78 is 4.97. The zero-order valence-corrected chi connectivity index (χ0v) is 18.3. The lowest BCUT2D eigenvalue weighted by atomic mass is 9.88. The Kier molecular flexibility index (Phi) is 6.72. The van der Waals surface area contributed by atoms with Gasteiger partial charge in [-0.3, -0.25) is 4.79 Å². The van der Waals surface area contributed by atoms with Crippen LogP contribution in [0.4, 0.5) is 5.00 Å². The maximum Gasteiger partial charge on any atom is 0.341 e. The molecule has 0 radical (unpaired) electrons. The van der Waals surface area contributed by atoms with Gasteiger partial charge in [-0.25, -0.2) is 14.8 Å². The van der Waals surface area contributed by atoms with E-state index in [2.05, 4.69) is 22.2 Å². The number of nitrogens with one attached hydrogen (secondary N) is 1. The highest BCUT2D eigenvalue weighted by Crippen LogP contribution is 2.40. The van der Waals surface area contributed by atoms with Crippen molar-refractivity contribution in [2.75, 3.05) is 18.2 Å². The first-order chi connectivity index (χ1) is 13.4. The van der Waals surface area contributed by atoms with Gasteiger partial charge in [-0.2, -0.15) is 0 Å². The Morgan fingerprint density at radius 3 is 2.71 bits per heavy atom. The van der Waals surface area contributed by atoms with Crippen LogP contribution in [-0.2, 0) is 22.4 Å². The Balaban J connectivity index is 1.65. The van der Waals surface area contributed by atoms with Crippen LogP contribution in [0.15, 0.2) is 11.2 Å². The van der Waals surface area contributed by atoms with Crippen molar-refractivity contribution in [3.63, 3.8) is 0 Å². The molecule has 1 N–H and O–H groups in total. The smallest absolute Gasteiger partial charge is 0.341 e. The van der Waals surface area contributed by atoms with Crippen LogP contribution in [0.3, 0.4) is 0 Å². The first kappa shape index (κ1) is 20.8. The molecule has 0 bridgehead atoms. The lowest BCUT2D eigenvalue weighted by Gasteiger charge is -2.18. The van der Waals surface area contributed by atoms with Crippen LogP contribution in [0.2, 0.25) is 0 Å². The fourth-order valence-corrected chi connectivity index (χ4v) is 5.64. The van der Waals surface area contributed by atoms with Crippen LogP contribution in [-0.4, -0.2) is 34.7 Å². The van der Waals surface area contributed by atoms with E-state index in [-0.39, 0.29) is 11.9 Å². The molecule has 6 nitrogen and oxygen atoms in total. The number of fused-ring (bicyclic) bond motifs is 1. The minimum Gasteiger partial charge on any atom is -0.465 e. The number of thiophene rings is 1. The quantitative estimate of drug-likeness (QED) is 0.430. The number of carbonyl (C=O) groups is 2. The number of aromatic nitrogens is 2. The molecule has 150 valence electrons. The number of ether oxygens (including phenoxy) is 1. The Bertz CT molecular complexity index is 875. The highest BCUT2D eigenvalue weighted by molar-refractivity contribution is 7.99. The predicted octanol–water partition coefficient (Wildman–Crippen LogP) is 4.19. The van der Waals surface area contributed by atoms with Gasteiger partial charge < -0.3 is 10.1 Å².